The molecule has 0 spiro atoms. The first-order chi connectivity index (χ1) is 1.73. The third kappa shape index (κ3) is 85.4. The summed E-state index contributed by atoms with van der Waals surface area (Å²) in [6, 6.07) is 0. The van der Waals surface area contributed by atoms with E-state index in [-0.39, 0.29) is 72.3 Å². The zero-order chi connectivity index (χ0) is 3.58. The monoisotopic (exact) mass is 228 g/mol. The van der Waals surface area contributed by atoms with Gasteiger partial charge in [-0.1, -0.05) is 0 Å². The van der Waals surface area contributed by atoms with Crippen LogP contribution in [0.2, 0.25) is 0 Å². The Labute approximate surface area is 94.2 Å². The zero-order valence-electron chi connectivity index (χ0n) is 5.51. The molecule has 0 aliphatic rings. The van der Waals surface area contributed by atoms with Crippen LogP contribution in [0.5, 0.6) is 0 Å². The van der Waals surface area contributed by atoms with Crippen LogP contribution in [0.25, 0.3) is 0 Å². The third-order valence-electron chi connectivity index (χ3n) is 0. The topological polar surface area (TPSA) is 89.0 Å². The maximum atomic E-state index is 8.74. The summed E-state index contributed by atoms with van der Waals surface area (Å²) in [7, 11) is -3.13. The molecular weight excluding hydrogens is 223 g/mol. The summed E-state index contributed by atoms with van der Waals surface area (Å²) >= 11 is 0. The van der Waals surface area contributed by atoms with E-state index in [0.717, 1.165) is 0 Å². The second-order valence-electron chi connectivity index (χ2n) is 0.283. The molecule has 4 N–H and O–H groups in total. The summed E-state index contributed by atoms with van der Waals surface area (Å²) in [6.07, 6.45) is 0. The van der Waals surface area contributed by atoms with E-state index in [1.54, 1.807) is 0 Å². The van der Waals surface area contributed by atoms with Crippen molar-refractivity contribution >= 4 is 46.9 Å². The van der Waals surface area contributed by atoms with E-state index < -0.39 is 9.17 Å². The Morgan fingerprint density at radius 2 is 1.43 bits per heavy atom. The molecule has 0 saturated carbocycles. The standard InChI is InChI=1S/Ca.H2O3Si.H2O.Zr.2H/c;1-4(2)3;;;;/h;1-2H;1H2;;;/q+2;;;;2*-1. The summed E-state index contributed by atoms with van der Waals surface area (Å²) in [5.41, 5.74) is 0. The largest absolute Gasteiger partial charge is 2.00 e. The van der Waals surface area contributed by atoms with E-state index in [1.807, 2.05) is 0 Å². The van der Waals surface area contributed by atoms with Gasteiger partial charge < -0.3 is 17.9 Å². The molecule has 7 heavy (non-hydrogen) atoms. The van der Waals surface area contributed by atoms with Crippen molar-refractivity contribution in [1.82, 2.24) is 0 Å². The van der Waals surface area contributed by atoms with E-state index in [4.69, 9.17) is 14.1 Å². The first-order valence-electron chi connectivity index (χ1n) is 0.651. The molecule has 0 radical (unpaired) electrons. The molecule has 0 bridgehead atoms. The number of hydrogen-bond acceptors (Lipinski definition) is 1. The van der Waals surface area contributed by atoms with Crippen molar-refractivity contribution in [2.75, 3.05) is 0 Å². The molecule has 0 atom stereocenters. The summed E-state index contributed by atoms with van der Waals surface area (Å²) < 4.78 is 8.74. The number of hydrogen-bond donors (Lipinski definition) is 2. The van der Waals surface area contributed by atoms with E-state index in [9.17, 15) is 0 Å². The maximum Gasteiger partial charge on any atom is 2.00 e. The predicted octanol–water partition coefficient (Wildman–Crippen LogP) is -2.60. The predicted molar refractivity (Wildman–Crippen MR) is 22.5 cm³/mol. The zero-order valence-corrected chi connectivity index (χ0v) is 9.18. The molecular formula is H6CaO4SiZr. The molecule has 0 aromatic carbocycles. The van der Waals surface area contributed by atoms with Crippen LogP contribution in [0.4, 0.5) is 0 Å². The van der Waals surface area contributed by atoms with Gasteiger partial charge in [0.15, 0.2) is 0 Å². The van der Waals surface area contributed by atoms with E-state index in [2.05, 4.69) is 0 Å². The second kappa shape index (κ2) is 15.6. The Morgan fingerprint density at radius 3 is 1.43 bits per heavy atom. The van der Waals surface area contributed by atoms with Gasteiger partial charge in [0.25, 0.3) is 0 Å². The molecule has 0 aromatic heterocycles. The van der Waals surface area contributed by atoms with Gasteiger partial charge in [-0.15, -0.1) is 0 Å². The molecule has 0 saturated heterocycles. The molecule has 0 aromatic rings. The molecule has 4 nitrogen and oxygen atoms in total. The van der Waals surface area contributed by atoms with Crippen LogP contribution in [0, 0.1) is 0 Å². The Kier molecular flexibility index (Phi) is 52.1. The van der Waals surface area contributed by atoms with Crippen LogP contribution in [-0.4, -0.2) is 62.0 Å². The van der Waals surface area contributed by atoms with Gasteiger partial charge in [-0.05, 0) is 0 Å². The van der Waals surface area contributed by atoms with Crippen LogP contribution in [-0.2, 0) is 30.7 Å². The molecule has 0 heterocycles. The van der Waals surface area contributed by atoms with Crippen molar-refractivity contribution in [3.63, 3.8) is 0 Å². The molecule has 0 rings (SSSR count). The van der Waals surface area contributed by atoms with E-state index >= 15 is 0 Å². The summed E-state index contributed by atoms with van der Waals surface area (Å²) in [4.78, 5) is 14.3. The van der Waals surface area contributed by atoms with Crippen molar-refractivity contribution in [2.24, 2.45) is 0 Å². The Hall–Kier alpha value is 1.72. The Morgan fingerprint density at radius 1 is 1.43 bits per heavy atom. The van der Waals surface area contributed by atoms with Crippen molar-refractivity contribution in [1.29, 1.82) is 0 Å². The average Bonchev–Trinajstić information content (AvgIpc) is 0.811. The van der Waals surface area contributed by atoms with Gasteiger partial charge in [-0.25, -0.2) is 0 Å². The summed E-state index contributed by atoms with van der Waals surface area (Å²) in [5.74, 6) is 0. The SMILES string of the molecule is O.O=[Si](O)O.[Ca+2].[H-].[H-].[Zr]. The van der Waals surface area contributed by atoms with Gasteiger partial charge >= 0.3 is 46.9 Å². The van der Waals surface area contributed by atoms with Gasteiger partial charge in [-0.3, -0.25) is 4.46 Å². The summed E-state index contributed by atoms with van der Waals surface area (Å²) in [5, 5.41) is 0. The molecule has 7 heteroatoms. The van der Waals surface area contributed by atoms with Gasteiger partial charge in [0.05, 0.1) is 0 Å². The van der Waals surface area contributed by atoms with Crippen molar-refractivity contribution in [3.8, 4) is 0 Å². The van der Waals surface area contributed by atoms with Crippen LogP contribution in [0.1, 0.15) is 2.85 Å². The smallest absolute Gasteiger partial charge is 1.00 e. The third-order valence-corrected chi connectivity index (χ3v) is 0. The Balaban J connectivity index is -0.00000000450. The van der Waals surface area contributed by atoms with Gasteiger partial charge in [0.1, 0.15) is 0 Å². The molecule has 0 aliphatic carbocycles. The molecule has 0 amide bonds. The molecule has 0 aliphatic heterocycles. The van der Waals surface area contributed by atoms with Crippen LogP contribution < -0.4 is 0 Å². The minimum Gasteiger partial charge on any atom is -1.00 e. The number of rotatable bonds is 0. The second-order valence-corrected chi connectivity index (χ2v) is 0.848. The van der Waals surface area contributed by atoms with Gasteiger partial charge in [-0.2, -0.15) is 0 Å². The molecule has 40 valence electrons. The van der Waals surface area contributed by atoms with Gasteiger partial charge in [0, 0.05) is 26.2 Å². The first kappa shape index (κ1) is 23.3. The van der Waals surface area contributed by atoms with Crippen LogP contribution in [0.3, 0.4) is 0 Å². The van der Waals surface area contributed by atoms with Crippen molar-refractivity contribution in [3.05, 3.63) is 0 Å². The van der Waals surface area contributed by atoms with Crippen molar-refractivity contribution in [2.45, 2.75) is 0 Å². The average molecular weight is 229 g/mol. The van der Waals surface area contributed by atoms with Crippen LogP contribution >= 0.6 is 0 Å². The Bertz CT molecular complexity index is 41.5. The summed E-state index contributed by atoms with van der Waals surface area (Å²) in [6.45, 7) is 0. The van der Waals surface area contributed by atoms with Gasteiger partial charge in [0.2, 0.25) is 0 Å². The normalized spacial score (nSPS) is 3.43. The fourth-order valence-electron chi connectivity index (χ4n) is 0. The molecule has 0 fully saturated rings. The minimum absolute atomic E-state index is 0. The van der Waals surface area contributed by atoms with Crippen molar-refractivity contribution < 1.29 is 48.6 Å². The molecule has 0 unspecified atom stereocenters. The first-order valence-corrected chi connectivity index (χ1v) is 1.95. The van der Waals surface area contributed by atoms with E-state index in [1.165, 1.54) is 0 Å². The fraction of sp³-hybridized carbons (Fsp3) is 0. The van der Waals surface area contributed by atoms with Crippen LogP contribution in [0.15, 0.2) is 0 Å². The maximum absolute atomic E-state index is 8.74. The quantitative estimate of drug-likeness (QED) is 0.447. The fourth-order valence-corrected chi connectivity index (χ4v) is 0. The van der Waals surface area contributed by atoms with E-state index in [0.29, 0.717) is 0 Å². The minimum atomic E-state index is -3.13.